The lowest BCUT2D eigenvalue weighted by Gasteiger charge is -2.31. The molecule has 1 aromatic rings. The summed E-state index contributed by atoms with van der Waals surface area (Å²) in [5, 5.41) is 6.44. The molecule has 3 aliphatic rings. The van der Waals surface area contributed by atoms with Gasteiger partial charge in [-0.1, -0.05) is 39.0 Å². The van der Waals surface area contributed by atoms with E-state index >= 15 is 0 Å². The Morgan fingerprint density at radius 2 is 1.85 bits per heavy atom. The summed E-state index contributed by atoms with van der Waals surface area (Å²) < 4.78 is 0. The maximum absolute atomic E-state index is 13.5. The Morgan fingerprint density at radius 3 is 2.48 bits per heavy atom. The molecule has 3 aliphatic heterocycles. The van der Waals surface area contributed by atoms with Crippen LogP contribution in [0.4, 0.5) is 5.69 Å². The second-order valence-corrected chi connectivity index (χ2v) is 8.48. The molecule has 5 atom stereocenters. The Labute approximate surface area is 159 Å². The lowest BCUT2D eigenvalue weighted by atomic mass is 9.75. The van der Waals surface area contributed by atoms with Crippen LogP contribution in [0.2, 0.25) is 0 Å². The van der Waals surface area contributed by atoms with Crippen molar-refractivity contribution < 1.29 is 14.4 Å². The number of amides is 3. The third-order valence-electron chi connectivity index (χ3n) is 6.68. The number of hydrogen-bond donors (Lipinski definition) is 2. The largest absolute Gasteiger partial charge is 0.324 e. The standard InChI is InChI=1S/C21H27N3O3/c1-6-12(5)24-18(25)14-15(19(24)26)21(23-16(14)10(2)3)13-9-7-8-11(4)17(13)22-20(21)27/h7-10,12,14-16,23H,6H2,1-5H3,(H,22,27)/t12-,14-,15-,16+,21-/m0/s1. The Morgan fingerprint density at radius 1 is 1.15 bits per heavy atom. The van der Waals surface area contributed by atoms with Gasteiger partial charge in [-0.2, -0.15) is 0 Å². The summed E-state index contributed by atoms with van der Waals surface area (Å²) >= 11 is 0. The van der Waals surface area contributed by atoms with Gasteiger partial charge < -0.3 is 5.32 Å². The predicted molar refractivity (Wildman–Crippen MR) is 102 cm³/mol. The monoisotopic (exact) mass is 369 g/mol. The zero-order chi connectivity index (χ0) is 19.7. The van der Waals surface area contributed by atoms with Gasteiger partial charge in [-0.15, -0.1) is 0 Å². The number of imide groups is 1. The van der Waals surface area contributed by atoms with E-state index in [0.717, 1.165) is 16.8 Å². The van der Waals surface area contributed by atoms with Crippen molar-refractivity contribution in [2.75, 3.05) is 5.32 Å². The van der Waals surface area contributed by atoms with Gasteiger partial charge in [-0.3, -0.25) is 24.6 Å². The van der Waals surface area contributed by atoms with Gasteiger partial charge in [0.2, 0.25) is 17.7 Å². The molecule has 2 N–H and O–H groups in total. The summed E-state index contributed by atoms with van der Waals surface area (Å²) in [7, 11) is 0. The lowest BCUT2D eigenvalue weighted by Crippen LogP contribution is -2.54. The Kier molecular flexibility index (Phi) is 3.97. The number of rotatable bonds is 3. The van der Waals surface area contributed by atoms with Crippen molar-refractivity contribution >= 4 is 23.4 Å². The predicted octanol–water partition coefficient (Wildman–Crippen LogP) is 2.17. The fourth-order valence-corrected chi connectivity index (χ4v) is 5.12. The minimum absolute atomic E-state index is 0.118. The van der Waals surface area contributed by atoms with E-state index in [1.165, 1.54) is 4.90 Å². The fraction of sp³-hybridized carbons (Fsp3) is 0.571. The highest BCUT2D eigenvalue weighted by atomic mass is 16.2. The molecule has 4 rings (SSSR count). The van der Waals surface area contributed by atoms with Gasteiger partial charge in [0.25, 0.3) is 0 Å². The van der Waals surface area contributed by atoms with Crippen LogP contribution in [0.3, 0.4) is 0 Å². The van der Waals surface area contributed by atoms with E-state index in [2.05, 4.69) is 10.6 Å². The number of carbonyl (C=O) groups is 3. The minimum Gasteiger partial charge on any atom is -0.324 e. The topological polar surface area (TPSA) is 78.5 Å². The summed E-state index contributed by atoms with van der Waals surface area (Å²) in [4.78, 5) is 41.4. The Balaban J connectivity index is 1.92. The van der Waals surface area contributed by atoms with Gasteiger partial charge in [-0.05, 0) is 31.7 Å². The third kappa shape index (κ3) is 2.13. The number of anilines is 1. The summed E-state index contributed by atoms with van der Waals surface area (Å²) in [5.41, 5.74) is 1.34. The zero-order valence-corrected chi connectivity index (χ0v) is 16.5. The first-order chi connectivity index (χ1) is 12.8. The third-order valence-corrected chi connectivity index (χ3v) is 6.68. The van der Waals surface area contributed by atoms with Gasteiger partial charge >= 0.3 is 0 Å². The first-order valence-electron chi connectivity index (χ1n) is 9.81. The fourth-order valence-electron chi connectivity index (χ4n) is 5.12. The summed E-state index contributed by atoms with van der Waals surface area (Å²) in [6.45, 7) is 9.86. The quantitative estimate of drug-likeness (QED) is 0.801. The molecule has 0 aliphatic carbocycles. The van der Waals surface area contributed by atoms with E-state index in [0.29, 0.717) is 6.42 Å². The van der Waals surface area contributed by atoms with Crippen molar-refractivity contribution in [3.05, 3.63) is 29.3 Å². The van der Waals surface area contributed by atoms with Gasteiger partial charge in [0, 0.05) is 23.3 Å². The smallest absolute Gasteiger partial charge is 0.250 e. The van der Waals surface area contributed by atoms with E-state index < -0.39 is 17.4 Å². The Hall–Kier alpha value is -2.21. The first-order valence-corrected chi connectivity index (χ1v) is 9.81. The number of carbonyl (C=O) groups excluding carboxylic acids is 3. The number of nitrogens with one attached hydrogen (secondary N) is 2. The molecular formula is C21H27N3O3. The number of aryl methyl sites for hydroxylation is 1. The van der Waals surface area contributed by atoms with Crippen molar-refractivity contribution in [3.8, 4) is 0 Å². The average Bonchev–Trinajstić information content (AvgIpc) is 3.21. The van der Waals surface area contributed by atoms with E-state index in [1.54, 1.807) is 0 Å². The second kappa shape index (κ2) is 5.89. The SMILES string of the molecule is CC[C@H](C)N1C(=O)[C@@H]2[C@@H](C(C)C)N[C@]3(C(=O)Nc4c(C)cccc43)[C@@H]2C1=O. The minimum atomic E-state index is -1.17. The summed E-state index contributed by atoms with van der Waals surface area (Å²) in [6, 6.07) is 5.36. The highest BCUT2D eigenvalue weighted by Gasteiger charge is 2.71. The summed E-state index contributed by atoms with van der Waals surface area (Å²) in [6.07, 6.45) is 0.700. The molecule has 6 heteroatoms. The number of likely N-dealkylation sites (tertiary alicyclic amines) is 1. The van der Waals surface area contributed by atoms with E-state index in [4.69, 9.17) is 0 Å². The molecule has 3 amide bonds. The molecule has 3 heterocycles. The van der Waals surface area contributed by atoms with Crippen LogP contribution in [-0.4, -0.2) is 34.7 Å². The van der Waals surface area contributed by atoms with Crippen molar-refractivity contribution in [2.45, 2.75) is 58.7 Å². The number of hydrogen-bond acceptors (Lipinski definition) is 4. The number of fused-ring (bicyclic) bond motifs is 4. The van der Waals surface area contributed by atoms with Gasteiger partial charge in [0.05, 0.1) is 11.8 Å². The van der Waals surface area contributed by atoms with Crippen LogP contribution in [0.15, 0.2) is 18.2 Å². The molecule has 0 bridgehead atoms. The van der Waals surface area contributed by atoms with Crippen LogP contribution >= 0.6 is 0 Å². The van der Waals surface area contributed by atoms with Crippen LogP contribution in [-0.2, 0) is 19.9 Å². The van der Waals surface area contributed by atoms with Crippen LogP contribution in [0.25, 0.3) is 0 Å². The van der Waals surface area contributed by atoms with Crippen LogP contribution in [0.1, 0.15) is 45.2 Å². The molecule has 2 saturated heterocycles. The molecule has 144 valence electrons. The molecule has 0 radical (unpaired) electrons. The lowest BCUT2D eigenvalue weighted by molar-refractivity contribution is -0.145. The maximum atomic E-state index is 13.5. The molecule has 1 aromatic carbocycles. The van der Waals surface area contributed by atoms with E-state index in [-0.39, 0.29) is 35.7 Å². The number of nitrogens with zero attached hydrogens (tertiary/aromatic N) is 1. The number of para-hydroxylation sites is 1. The van der Waals surface area contributed by atoms with E-state index in [9.17, 15) is 14.4 Å². The molecule has 1 spiro atoms. The number of benzene rings is 1. The highest BCUT2D eigenvalue weighted by Crippen LogP contribution is 2.54. The van der Waals surface area contributed by atoms with Crippen molar-refractivity contribution in [3.63, 3.8) is 0 Å². The molecule has 0 saturated carbocycles. The maximum Gasteiger partial charge on any atom is 0.250 e. The Bertz CT molecular complexity index is 849. The van der Waals surface area contributed by atoms with Crippen LogP contribution < -0.4 is 10.6 Å². The highest BCUT2D eigenvalue weighted by molar-refractivity contribution is 6.15. The molecule has 0 unspecified atom stereocenters. The zero-order valence-electron chi connectivity index (χ0n) is 16.5. The van der Waals surface area contributed by atoms with Crippen LogP contribution in [0, 0.1) is 24.7 Å². The molecular weight excluding hydrogens is 342 g/mol. The van der Waals surface area contributed by atoms with Crippen molar-refractivity contribution in [1.29, 1.82) is 0 Å². The molecule has 6 nitrogen and oxygen atoms in total. The van der Waals surface area contributed by atoms with Crippen molar-refractivity contribution in [2.24, 2.45) is 17.8 Å². The van der Waals surface area contributed by atoms with Gasteiger partial charge in [0.15, 0.2) is 0 Å². The van der Waals surface area contributed by atoms with Crippen molar-refractivity contribution in [1.82, 2.24) is 10.2 Å². The molecule has 2 fully saturated rings. The molecule has 0 aromatic heterocycles. The summed E-state index contributed by atoms with van der Waals surface area (Å²) in [5.74, 6) is -1.68. The first kappa shape index (κ1) is 18.2. The van der Waals surface area contributed by atoms with Gasteiger partial charge in [0.1, 0.15) is 5.54 Å². The van der Waals surface area contributed by atoms with E-state index in [1.807, 2.05) is 52.8 Å². The molecule has 27 heavy (non-hydrogen) atoms. The van der Waals surface area contributed by atoms with Gasteiger partial charge in [-0.25, -0.2) is 0 Å². The normalized spacial score (nSPS) is 33.0. The second-order valence-electron chi connectivity index (χ2n) is 8.48. The average molecular weight is 369 g/mol. The van der Waals surface area contributed by atoms with Crippen LogP contribution in [0.5, 0.6) is 0 Å².